The third-order valence-corrected chi connectivity index (χ3v) is 2.26. The molecule has 0 unspecified atom stereocenters. The van der Waals surface area contributed by atoms with Gasteiger partial charge in [-0.2, -0.15) is 0 Å². The SMILES string of the molecule is COCCOCc1nc(C)cs1. The second kappa shape index (κ2) is 5.24. The zero-order chi connectivity index (χ0) is 8.81. The van der Waals surface area contributed by atoms with Crippen molar-refractivity contribution < 1.29 is 9.47 Å². The first kappa shape index (κ1) is 9.64. The highest BCUT2D eigenvalue weighted by atomic mass is 32.1. The number of ether oxygens (including phenoxy) is 2. The summed E-state index contributed by atoms with van der Waals surface area (Å²) >= 11 is 1.63. The third-order valence-electron chi connectivity index (χ3n) is 1.32. The van der Waals surface area contributed by atoms with Gasteiger partial charge in [0.05, 0.1) is 19.8 Å². The number of methoxy groups -OCH3 is 1. The van der Waals surface area contributed by atoms with Crippen molar-refractivity contribution in [3.05, 3.63) is 16.1 Å². The lowest BCUT2D eigenvalue weighted by Crippen LogP contribution is -2.01. The van der Waals surface area contributed by atoms with E-state index < -0.39 is 0 Å². The smallest absolute Gasteiger partial charge is 0.119 e. The van der Waals surface area contributed by atoms with Gasteiger partial charge >= 0.3 is 0 Å². The van der Waals surface area contributed by atoms with Crippen molar-refractivity contribution in [1.82, 2.24) is 4.98 Å². The van der Waals surface area contributed by atoms with E-state index in [0.717, 1.165) is 10.7 Å². The van der Waals surface area contributed by atoms with Gasteiger partial charge in [-0.25, -0.2) is 4.98 Å². The first-order chi connectivity index (χ1) is 5.83. The van der Waals surface area contributed by atoms with Gasteiger partial charge in [-0.05, 0) is 6.92 Å². The molecule has 68 valence electrons. The predicted molar refractivity (Wildman–Crippen MR) is 48.4 cm³/mol. The zero-order valence-corrected chi connectivity index (χ0v) is 8.19. The minimum absolute atomic E-state index is 0.599. The van der Waals surface area contributed by atoms with Crippen LogP contribution in [0.5, 0.6) is 0 Å². The molecule has 12 heavy (non-hydrogen) atoms. The van der Waals surface area contributed by atoms with Crippen molar-refractivity contribution in [3.8, 4) is 0 Å². The normalized spacial score (nSPS) is 10.5. The summed E-state index contributed by atoms with van der Waals surface area (Å²) in [5.74, 6) is 0. The molecule has 0 radical (unpaired) electrons. The fourth-order valence-corrected chi connectivity index (χ4v) is 1.48. The van der Waals surface area contributed by atoms with Crippen LogP contribution in [-0.4, -0.2) is 25.3 Å². The van der Waals surface area contributed by atoms with Gasteiger partial charge in [0.15, 0.2) is 0 Å². The Hall–Kier alpha value is -0.450. The maximum Gasteiger partial charge on any atom is 0.119 e. The van der Waals surface area contributed by atoms with Gasteiger partial charge in [0, 0.05) is 18.2 Å². The predicted octanol–water partition coefficient (Wildman–Crippen LogP) is 1.61. The van der Waals surface area contributed by atoms with Crippen LogP contribution in [0.2, 0.25) is 0 Å². The summed E-state index contributed by atoms with van der Waals surface area (Å²) < 4.78 is 10.1. The molecule has 1 aromatic rings. The summed E-state index contributed by atoms with van der Waals surface area (Å²) in [6, 6.07) is 0. The van der Waals surface area contributed by atoms with Crippen LogP contribution in [0.1, 0.15) is 10.7 Å². The first-order valence-electron chi connectivity index (χ1n) is 3.80. The molecular formula is C8H13NO2S. The van der Waals surface area contributed by atoms with E-state index in [1.54, 1.807) is 18.4 Å². The summed E-state index contributed by atoms with van der Waals surface area (Å²) in [4.78, 5) is 4.26. The molecule has 0 N–H and O–H groups in total. The first-order valence-corrected chi connectivity index (χ1v) is 4.68. The summed E-state index contributed by atoms with van der Waals surface area (Å²) in [7, 11) is 1.66. The van der Waals surface area contributed by atoms with Gasteiger partial charge in [0.1, 0.15) is 5.01 Å². The molecule has 0 saturated carbocycles. The number of hydrogen-bond acceptors (Lipinski definition) is 4. The van der Waals surface area contributed by atoms with Gasteiger partial charge in [-0.3, -0.25) is 0 Å². The lowest BCUT2D eigenvalue weighted by atomic mass is 10.6. The average molecular weight is 187 g/mol. The topological polar surface area (TPSA) is 31.4 Å². The van der Waals surface area contributed by atoms with E-state index in [1.807, 2.05) is 12.3 Å². The molecule has 0 fully saturated rings. The second-order valence-electron chi connectivity index (χ2n) is 2.43. The van der Waals surface area contributed by atoms with Gasteiger partial charge in [0.25, 0.3) is 0 Å². The van der Waals surface area contributed by atoms with E-state index in [2.05, 4.69) is 4.98 Å². The Bertz CT molecular complexity index is 225. The van der Waals surface area contributed by atoms with Crippen LogP contribution in [0.15, 0.2) is 5.38 Å². The van der Waals surface area contributed by atoms with Crippen LogP contribution in [0.4, 0.5) is 0 Å². The Morgan fingerprint density at radius 2 is 2.33 bits per heavy atom. The molecule has 0 aliphatic rings. The Balaban J connectivity index is 2.15. The van der Waals surface area contributed by atoms with Crippen LogP contribution in [0.25, 0.3) is 0 Å². The highest BCUT2D eigenvalue weighted by Gasteiger charge is 1.97. The standard InChI is InChI=1S/C8H13NO2S/c1-7-6-12-8(9-7)5-11-4-3-10-2/h6H,3-5H2,1-2H3. The Kier molecular flexibility index (Phi) is 4.21. The highest BCUT2D eigenvalue weighted by molar-refractivity contribution is 7.09. The molecule has 0 amide bonds. The number of hydrogen-bond donors (Lipinski definition) is 0. The van der Waals surface area contributed by atoms with E-state index >= 15 is 0 Å². The second-order valence-corrected chi connectivity index (χ2v) is 3.37. The maximum atomic E-state index is 5.30. The maximum absolute atomic E-state index is 5.30. The number of aryl methyl sites for hydroxylation is 1. The van der Waals surface area contributed by atoms with E-state index in [4.69, 9.17) is 9.47 Å². The van der Waals surface area contributed by atoms with E-state index in [9.17, 15) is 0 Å². The number of aromatic nitrogens is 1. The van der Waals surface area contributed by atoms with Crippen LogP contribution >= 0.6 is 11.3 Å². The van der Waals surface area contributed by atoms with E-state index in [0.29, 0.717) is 19.8 Å². The van der Waals surface area contributed by atoms with Crippen LogP contribution < -0.4 is 0 Å². The molecule has 0 atom stereocenters. The summed E-state index contributed by atoms with van der Waals surface area (Å²) in [5, 5.41) is 3.05. The van der Waals surface area contributed by atoms with Crippen molar-refractivity contribution in [2.75, 3.05) is 20.3 Å². The Morgan fingerprint density at radius 3 is 2.92 bits per heavy atom. The molecule has 3 nitrogen and oxygen atoms in total. The lowest BCUT2D eigenvalue weighted by Gasteiger charge is -1.99. The third kappa shape index (κ3) is 3.30. The van der Waals surface area contributed by atoms with Gasteiger partial charge in [-0.15, -0.1) is 11.3 Å². The van der Waals surface area contributed by atoms with E-state index in [1.165, 1.54) is 0 Å². The largest absolute Gasteiger partial charge is 0.382 e. The lowest BCUT2D eigenvalue weighted by molar-refractivity contribution is 0.0615. The summed E-state index contributed by atoms with van der Waals surface area (Å²) in [5.41, 5.74) is 1.06. The van der Waals surface area contributed by atoms with E-state index in [-0.39, 0.29) is 0 Å². The highest BCUT2D eigenvalue weighted by Crippen LogP contribution is 2.09. The minimum Gasteiger partial charge on any atom is -0.382 e. The minimum atomic E-state index is 0.599. The molecule has 0 spiro atoms. The molecule has 0 aromatic carbocycles. The molecule has 1 heterocycles. The monoisotopic (exact) mass is 187 g/mol. The van der Waals surface area contributed by atoms with Crippen LogP contribution in [0, 0.1) is 6.92 Å². The molecule has 0 aliphatic heterocycles. The van der Waals surface area contributed by atoms with Crippen LogP contribution in [0.3, 0.4) is 0 Å². The quantitative estimate of drug-likeness (QED) is 0.656. The average Bonchev–Trinajstić information content (AvgIpc) is 2.45. The fourth-order valence-electron chi connectivity index (χ4n) is 0.771. The van der Waals surface area contributed by atoms with Crippen molar-refractivity contribution in [1.29, 1.82) is 0 Å². The molecule has 1 rings (SSSR count). The Labute approximate surface area is 76.3 Å². The molecule has 0 saturated heterocycles. The van der Waals surface area contributed by atoms with Crippen molar-refractivity contribution in [3.63, 3.8) is 0 Å². The van der Waals surface area contributed by atoms with Crippen molar-refractivity contribution in [2.45, 2.75) is 13.5 Å². The molecule has 1 aromatic heterocycles. The number of rotatable bonds is 5. The van der Waals surface area contributed by atoms with Crippen molar-refractivity contribution in [2.24, 2.45) is 0 Å². The number of thiazole rings is 1. The zero-order valence-electron chi connectivity index (χ0n) is 7.37. The van der Waals surface area contributed by atoms with Gasteiger partial charge < -0.3 is 9.47 Å². The van der Waals surface area contributed by atoms with Crippen molar-refractivity contribution >= 4 is 11.3 Å². The fraction of sp³-hybridized carbons (Fsp3) is 0.625. The molecule has 0 aliphatic carbocycles. The molecule has 0 bridgehead atoms. The van der Waals surface area contributed by atoms with Gasteiger partial charge in [-0.1, -0.05) is 0 Å². The molecule has 4 heteroatoms. The van der Waals surface area contributed by atoms with Crippen LogP contribution in [-0.2, 0) is 16.1 Å². The summed E-state index contributed by atoms with van der Waals surface area (Å²) in [6.07, 6.45) is 0. The molecular weight excluding hydrogens is 174 g/mol. The summed E-state index contributed by atoms with van der Waals surface area (Å²) in [6.45, 7) is 3.86. The number of nitrogens with zero attached hydrogens (tertiary/aromatic N) is 1. The Morgan fingerprint density at radius 1 is 1.50 bits per heavy atom. The van der Waals surface area contributed by atoms with Gasteiger partial charge in [0.2, 0.25) is 0 Å².